The Morgan fingerprint density at radius 2 is 2.04 bits per heavy atom. The summed E-state index contributed by atoms with van der Waals surface area (Å²) in [4.78, 5) is 17.9. The summed E-state index contributed by atoms with van der Waals surface area (Å²) in [6.45, 7) is 4.73. The van der Waals surface area contributed by atoms with E-state index in [2.05, 4.69) is 4.98 Å². The van der Waals surface area contributed by atoms with Crippen molar-refractivity contribution in [1.29, 1.82) is 5.26 Å². The lowest BCUT2D eigenvalue weighted by Crippen LogP contribution is -2.31. The number of rotatable bonds is 6. The molecular formula is C16H18F3N3OS. The smallest absolute Gasteiger partial charge is 0.343 e. The fourth-order valence-electron chi connectivity index (χ4n) is 2.36. The number of pyridine rings is 1. The molecule has 0 N–H and O–H groups in total. The molecule has 1 aliphatic carbocycles. The van der Waals surface area contributed by atoms with Gasteiger partial charge in [-0.1, -0.05) is 11.8 Å². The van der Waals surface area contributed by atoms with Crippen LogP contribution in [-0.4, -0.2) is 34.6 Å². The van der Waals surface area contributed by atoms with Gasteiger partial charge in [-0.15, -0.1) is 0 Å². The van der Waals surface area contributed by atoms with E-state index in [0.717, 1.165) is 30.7 Å². The number of aromatic nitrogens is 1. The first kappa shape index (κ1) is 18.6. The Hall–Kier alpha value is -1.75. The summed E-state index contributed by atoms with van der Waals surface area (Å²) in [7, 11) is 0. The van der Waals surface area contributed by atoms with Crippen molar-refractivity contribution in [3.05, 3.63) is 22.9 Å². The van der Waals surface area contributed by atoms with E-state index in [1.165, 1.54) is 0 Å². The average molecular weight is 357 g/mol. The van der Waals surface area contributed by atoms with E-state index >= 15 is 0 Å². The van der Waals surface area contributed by atoms with Crippen molar-refractivity contribution in [1.82, 2.24) is 9.88 Å². The van der Waals surface area contributed by atoms with E-state index < -0.39 is 17.3 Å². The van der Waals surface area contributed by atoms with Crippen LogP contribution in [0.5, 0.6) is 0 Å². The molecule has 1 aromatic heterocycles. The van der Waals surface area contributed by atoms with Crippen molar-refractivity contribution < 1.29 is 18.0 Å². The third kappa shape index (κ3) is 4.20. The number of hydrogen-bond donors (Lipinski definition) is 0. The summed E-state index contributed by atoms with van der Waals surface area (Å²) >= 11 is 0.904. The number of alkyl halides is 3. The molecule has 0 aromatic carbocycles. The number of halogens is 3. The maximum Gasteiger partial charge on any atom is 0.417 e. The molecule has 0 bridgehead atoms. The van der Waals surface area contributed by atoms with Crippen LogP contribution in [0.4, 0.5) is 13.2 Å². The molecule has 1 fully saturated rings. The minimum absolute atomic E-state index is 0.00488. The number of amides is 1. The standard InChI is InChI=1S/C16H18F3N3OS/c1-3-22(4-2)14(23)9-24-15-11(8-20)12(16(17,18)19)7-13(21-15)10-5-6-10/h7,10H,3-6,9H2,1-2H3. The number of carbonyl (C=O) groups excluding carboxylic acids is 1. The first-order chi connectivity index (χ1) is 11.3. The van der Waals surface area contributed by atoms with Crippen LogP contribution < -0.4 is 0 Å². The Morgan fingerprint density at radius 3 is 2.50 bits per heavy atom. The summed E-state index contributed by atoms with van der Waals surface area (Å²) in [5, 5.41) is 9.17. The second-order valence-corrected chi connectivity index (χ2v) is 6.48. The lowest BCUT2D eigenvalue weighted by molar-refractivity contribution is -0.138. The summed E-state index contributed by atoms with van der Waals surface area (Å²) in [5.74, 6) is -0.188. The van der Waals surface area contributed by atoms with Crippen LogP contribution in [0, 0.1) is 11.3 Å². The number of nitrogens with zero attached hydrogens (tertiary/aromatic N) is 3. The second kappa shape index (κ2) is 7.43. The topological polar surface area (TPSA) is 57.0 Å². The predicted octanol–water partition coefficient (Wildman–Crippen LogP) is 3.81. The molecule has 24 heavy (non-hydrogen) atoms. The Labute approximate surface area is 143 Å². The van der Waals surface area contributed by atoms with Crippen molar-refractivity contribution in [3.8, 4) is 6.07 Å². The summed E-state index contributed by atoms with van der Waals surface area (Å²) in [6, 6.07) is 2.59. The lowest BCUT2D eigenvalue weighted by Gasteiger charge is -2.19. The van der Waals surface area contributed by atoms with Crippen molar-refractivity contribution in [2.24, 2.45) is 0 Å². The van der Waals surface area contributed by atoms with Gasteiger partial charge in [0.15, 0.2) is 0 Å². The first-order valence-corrected chi connectivity index (χ1v) is 8.73. The molecule has 0 spiro atoms. The number of hydrogen-bond acceptors (Lipinski definition) is 4. The summed E-state index contributed by atoms with van der Waals surface area (Å²) < 4.78 is 39.8. The van der Waals surface area contributed by atoms with Crippen LogP contribution >= 0.6 is 11.8 Å². The zero-order valence-electron chi connectivity index (χ0n) is 13.5. The second-order valence-electron chi connectivity index (χ2n) is 5.51. The fraction of sp³-hybridized carbons (Fsp3) is 0.562. The van der Waals surface area contributed by atoms with E-state index in [9.17, 15) is 23.2 Å². The van der Waals surface area contributed by atoms with Crippen LogP contribution in [0.25, 0.3) is 0 Å². The van der Waals surface area contributed by atoms with E-state index in [0.29, 0.717) is 18.8 Å². The molecule has 0 aliphatic heterocycles. The Bertz CT molecular complexity index is 662. The van der Waals surface area contributed by atoms with Gasteiger partial charge in [0.1, 0.15) is 11.1 Å². The van der Waals surface area contributed by atoms with Crippen LogP contribution in [-0.2, 0) is 11.0 Å². The lowest BCUT2D eigenvalue weighted by atomic mass is 10.1. The Balaban J connectivity index is 2.32. The maximum atomic E-state index is 13.3. The third-order valence-electron chi connectivity index (χ3n) is 3.87. The van der Waals surface area contributed by atoms with Gasteiger partial charge in [-0.2, -0.15) is 18.4 Å². The zero-order valence-corrected chi connectivity index (χ0v) is 14.3. The molecule has 130 valence electrons. The molecule has 0 radical (unpaired) electrons. The Kier molecular flexibility index (Phi) is 5.75. The van der Waals surface area contributed by atoms with E-state index in [1.54, 1.807) is 11.0 Å². The van der Waals surface area contributed by atoms with Gasteiger partial charge >= 0.3 is 6.18 Å². The minimum atomic E-state index is -4.62. The molecule has 1 heterocycles. The van der Waals surface area contributed by atoms with Gasteiger partial charge < -0.3 is 4.90 Å². The van der Waals surface area contributed by atoms with Crippen molar-refractivity contribution in [2.45, 2.75) is 43.8 Å². The highest BCUT2D eigenvalue weighted by atomic mass is 32.2. The van der Waals surface area contributed by atoms with Crippen molar-refractivity contribution >= 4 is 17.7 Å². The van der Waals surface area contributed by atoms with Gasteiger partial charge in [-0.05, 0) is 32.8 Å². The first-order valence-electron chi connectivity index (χ1n) is 7.74. The van der Waals surface area contributed by atoms with Crippen LogP contribution in [0.1, 0.15) is 49.4 Å². The zero-order chi connectivity index (χ0) is 17.9. The Morgan fingerprint density at radius 1 is 1.42 bits per heavy atom. The molecule has 1 saturated carbocycles. The van der Waals surface area contributed by atoms with Crippen molar-refractivity contribution in [3.63, 3.8) is 0 Å². The molecule has 0 unspecified atom stereocenters. The largest absolute Gasteiger partial charge is 0.417 e. The quantitative estimate of drug-likeness (QED) is 0.727. The fourth-order valence-corrected chi connectivity index (χ4v) is 3.28. The number of carbonyl (C=O) groups is 1. The van der Waals surface area contributed by atoms with Gasteiger partial charge in [0.05, 0.1) is 16.9 Å². The highest BCUT2D eigenvalue weighted by Crippen LogP contribution is 2.43. The molecule has 4 nitrogen and oxygen atoms in total. The van der Waals surface area contributed by atoms with Crippen LogP contribution in [0.2, 0.25) is 0 Å². The molecular weight excluding hydrogens is 339 g/mol. The normalized spacial score (nSPS) is 14.3. The number of nitriles is 1. The van der Waals surface area contributed by atoms with Crippen molar-refractivity contribution in [2.75, 3.05) is 18.8 Å². The van der Waals surface area contributed by atoms with Gasteiger partial charge in [-0.3, -0.25) is 4.79 Å². The highest BCUT2D eigenvalue weighted by molar-refractivity contribution is 8.00. The molecule has 1 aliphatic rings. The summed E-state index contributed by atoms with van der Waals surface area (Å²) in [6.07, 6.45) is -3.01. The number of thioether (sulfide) groups is 1. The van der Waals surface area contributed by atoms with Gasteiger partial charge in [0.25, 0.3) is 0 Å². The van der Waals surface area contributed by atoms with Gasteiger partial charge in [-0.25, -0.2) is 4.98 Å². The maximum absolute atomic E-state index is 13.3. The molecule has 0 saturated heterocycles. The molecule has 2 rings (SSSR count). The third-order valence-corrected chi connectivity index (χ3v) is 4.83. The molecule has 1 aromatic rings. The molecule has 1 amide bonds. The molecule has 8 heteroatoms. The average Bonchev–Trinajstić information content (AvgIpc) is 3.37. The van der Waals surface area contributed by atoms with Gasteiger partial charge in [0.2, 0.25) is 5.91 Å². The van der Waals surface area contributed by atoms with E-state index in [-0.39, 0.29) is 22.6 Å². The summed E-state index contributed by atoms with van der Waals surface area (Å²) in [5.41, 5.74) is -1.09. The SMILES string of the molecule is CCN(CC)C(=O)CSc1nc(C2CC2)cc(C(F)(F)F)c1C#N. The predicted molar refractivity (Wildman–Crippen MR) is 84.6 cm³/mol. The van der Waals surface area contributed by atoms with E-state index in [4.69, 9.17) is 0 Å². The van der Waals surface area contributed by atoms with Crippen LogP contribution in [0.15, 0.2) is 11.1 Å². The molecule has 0 atom stereocenters. The minimum Gasteiger partial charge on any atom is -0.343 e. The highest BCUT2D eigenvalue weighted by Gasteiger charge is 2.38. The van der Waals surface area contributed by atoms with Gasteiger partial charge in [0, 0.05) is 24.7 Å². The van der Waals surface area contributed by atoms with Crippen LogP contribution in [0.3, 0.4) is 0 Å². The monoisotopic (exact) mass is 357 g/mol. The van der Waals surface area contributed by atoms with E-state index in [1.807, 2.05) is 13.8 Å².